The van der Waals surface area contributed by atoms with Gasteiger partial charge in [0.15, 0.2) is 0 Å². The van der Waals surface area contributed by atoms with E-state index in [2.05, 4.69) is 67.7 Å². The molecule has 0 amide bonds. The number of nitrogens with one attached hydrogen (secondary N) is 1. The van der Waals surface area contributed by atoms with Gasteiger partial charge in [0, 0.05) is 18.3 Å². The van der Waals surface area contributed by atoms with E-state index in [1.54, 1.807) is 0 Å². The maximum Gasteiger partial charge on any atom is 0.0485 e. The molecule has 1 unspecified atom stereocenters. The van der Waals surface area contributed by atoms with Crippen molar-refractivity contribution in [1.82, 2.24) is 0 Å². The van der Waals surface area contributed by atoms with E-state index in [-0.39, 0.29) is 12.6 Å². The molecule has 2 nitrogen and oxygen atoms in total. The van der Waals surface area contributed by atoms with E-state index in [4.69, 9.17) is 5.11 Å². The summed E-state index contributed by atoms with van der Waals surface area (Å²) in [7, 11) is 0. The normalized spacial score (nSPS) is 12.2. The first-order chi connectivity index (χ1) is 9.19. The molecule has 2 aromatic rings. The lowest BCUT2D eigenvalue weighted by Crippen LogP contribution is -2.06. The van der Waals surface area contributed by atoms with Crippen LogP contribution in [0, 0.1) is 6.92 Å². The van der Waals surface area contributed by atoms with Crippen molar-refractivity contribution in [2.24, 2.45) is 0 Å². The van der Waals surface area contributed by atoms with Gasteiger partial charge in [0.25, 0.3) is 0 Å². The molecule has 0 bridgehead atoms. The van der Waals surface area contributed by atoms with Gasteiger partial charge < -0.3 is 10.4 Å². The lowest BCUT2D eigenvalue weighted by molar-refractivity contribution is 0.299. The largest absolute Gasteiger partial charge is 0.396 e. The Bertz CT molecular complexity index is 502. The van der Waals surface area contributed by atoms with Crippen molar-refractivity contribution < 1.29 is 5.11 Å². The number of rotatable bonds is 5. The Balaban J connectivity index is 2.01. The lowest BCUT2D eigenvalue weighted by atomic mass is 10.1. The predicted molar refractivity (Wildman–Crippen MR) is 80.4 cm³/mol. The number of benzene rings is 2. The Morgan fingerprint density at radius 1 is 1.00 bits per heavy atom. The summed E-state index contributed by atoms with van der Waals surface area (Å²) in [5, 5.41) is 12.4. The third-order valence-electron chi connectivity index (χ3n) is 3.31. The second-order valence-corrected chi connectivity index (χ2v) is 4.95. The minimum atomic E-state index is 0.201. The van der Waals surface area contributed by atoms with Gasteiger partial charge in [-0.05, 0) is 43.5 Å². The van der Waals surface area contributed by atoms with Crippen molar-refractivity contribution in [3.05, 3.63) is 65.2 Å². The molecule has 0 heterocycles. The third kappa shape index (κ3) is 3.83. The van der Waals surface area contributed by atoms with Gasteiger partial charge in [0.05, 0.1) is 0 Å². The average Bonchev–Trinajstić information content (AvgIpc) is 2.42. The topological polar surface area (TPSA) is 32.3 Å². The van der Waals surface area contributed by atoms with Crippen molar-refractivity contribution >= 4 is 5.69 Å². The molecule has 2 aromatic carbocycles. The highest BCUT2D eigenvalue weighted by Crippen LogP contribution is 2.20. The van der Waals surface area contributed by atoms with Crippen molar-refractivity contribution in [2.45, 2.75) is 26.3 Å². The summed E-state index contributed by atoms with van der Waals surface area (Å²) in [6, 6.07) is 17.1. The minimum absolute atomic E-state index is 0.201. The van der Waals surface area contributed by atoms with E-state index in [9.17, 15) is 0 Å². The zero-order chi connectivity index (χ0) is 13.7. The van der Waals surface area contributed by atoms with Gasteiger partial charge in [0.1, 0.15) is 0 Å². The zero-order valence-corrected chi connectivity index (χ0v) is 11.6. The number of anilines is 1. The van der Waals surface area contributed by atoms with E-state index in [0.717, 1.165) is 11.3 Å². The molecule has 0 saturated carbocycles. The Hall–Kier alpha value is -1.80. The zero-order valence-electron chi connectivity index (χ0n) is 11.6. The number of aliphatic hydroxyl groups is 1. The quantitative estimate of drug-likeness (QED) is 0.853. The monoisotopic (exact) mass is 255 g/mol. The minimum Gasteiger partial charge on any atom is -0.396 e. The Kier molecular flexibility index (Phi) is 4.58. The number of aliphatic hydroxyl groups excluding tert-OH is 1. The predicted octanol–water partition coefficient (Wildman–Crippen LogP) is 3.70. The number of hydrogen-bond donors (Lipinski definition) is 2. The molecular weight excluding hydrogens is 234 g/mol. The molecule has 0 fully saturated rings. The van der Waals surface area contributed by atoms with E-state index in [1.807, 2.05) is 0 Å². The molecule has 2 N–H and O–H groups in total. The van der Waals surface area contributed by atoms with Crippen LogP contribution in [0.3, 0.4) is 0 Å². The van der Waals surface area contributed by atoms with Gasteiger partial charge in [-0.1, -0.05) is 42.0 Å². The molecule has 2 rings (SSSR count). The first kappa shape index (κ1) is 13.6. The smallest absolute Gasteiger partial charge is 0.0485 e. The molecule has 0 spiro atoms. The van der Waals surface area contributed by atoms with Gasteiger partial charge in [-0.3, -0.25) is 0 Å². The standard InChI is InChI=1S/C17H21NO/c1-13-3-7-16(8-4-13)14(2)18-17-9-5-15(6-10-17)11-12-19/h3-10,14,18-19H,11-12H2,1-2H3. The van der Waals surface area contributed by atoms with Crippen LogP contribution < -0.4 is 5.32 Å². The summed E-state index contributed by atoms with van der Waals surface area (Å²) in [6.45, 7) is 4.46. The number of aryl methyl sites for hydroxylation is 1. The molecule has 0 aromatic heterocycles. The van der Waals surface area contributed by atoms with Crippen LogP contribution in [0.25, 0.3) is 0 Å². The van der Waals surface area contributed by atoms with Crippen LogP contribution in [-0.2, 0) is 6.42 Å². The van der Waals surface area contributed by atoms with Crippen LogP contribution in [0.5, 0.6) is 0 Å². The summed E-state index contributed by atoms with van der Waals surface area (Å²) < 4.78 is 0. The van der Waals surface area contributed by atoms with Crippen LogP contribution in [0.15, 0.2) is 48.5 Å². The van der Waals surface area contributed by atoms with Gasteiger partial charge in [-0.2, -0.15) is 0 Å². The van der Waals surface area contributed by atoms with E-state index < -0.39 is 0 Å². The van der Waals surface area contributed by atoms with Crippen molar-refractivity contribution in [3.63, 3.8) is 0 Å². The molecule has 0 saturated heterocycles. The van der Waals surface area contributed by atoms with Crippen LogP contribution in [0.4, 0.5) is 5.69 Å². The highest BCUT2D eigenvalue weighted by molar-refractivity contribution is 5.46. The molecule has 0 radical (unpaired) electrons. The lowest BCUT2D eigenvalue weighted by Gasteiger charge is -2.16. The fourth-order valence-corrected chi connectivity index (χ4v) is 2.09. The molecule has 0 aliphatic carbocycles. The molecule has 19 heavy (non-hydrogen) atoms. The van der Waals surface area contributed by atoms with Gasteiger partial charge in [-0.15, -0.1) is 0 Å². The summed E-state index contributed by atoms with van der Waals surface area (Å²) >= 11 is 0. The Morgan fingerprint density at radius 2 is 1.63 bits per heavy atom. The van der Waals surface area contributed by atoms with Crippen molar-refractivity contribution in [3.8, 4) is 0 Å². The molecule has 100 valence electrons. The van der Waals surface area contributed by atoms with Crippen molar-refractivity contribution in [1.29, 1.82) is 0 Å². The molecule has 0 aliphatic rings. The second kappa shape index (κ2) is 6.39. The van der Waals surface area contributed by atoms with Crippen LogP contribution in [-0.4, -0.2) is 11.7 Å². The van der Waals surface area contributed by atoms with Crippen LogP contribution >= 0.6 is 0 Å². The van der Waals surface area contributed by atoms with E-state index >= 15 is 0 Å². The van der Waals surface area contributed by atoms with Gasteiger partial charge >= 0.3 is 0 Å². The first-order valence-electron chi connectivity index (χ1n) is 6.72. The maximum atomic E-state index is 8.89. The summed E-state index contributed by atoms with van der Waals surface area (Å²) in [5.74, 6) is 0. The van der Waals surface area contributed by atoms with Crippen LogP contribution in [0.1, 0.15) is 29.7 Å². The molecular formula is C17H21NO. The van der Waals surface area contributed by atoms with Gasteiger partial charge in [0.2, 0.25) is 0 Å². The summed E-state index contributed by atoms with van der Waals surface area (Å²) in [6.07, 6.45) is 0.716. The first-order valence-corrected chi connectivity index (χ1v) is 6.72. The Labute approximate surface area is 115 Å². The van der Waals surface area contributed by atoms with Crippen LogP contribution in [0.2, 0.25) is 0 Å². The molecule has 0 aliphatic heterocycles. The second-order valence-electron chi connectivity index (χ2n) is 4.95. The highest BCUT2D eigenvalue weighted by Gasteiger charge is 2.04. The fourth-order valence-electron chi connectivity index (χ4n) is 2.09. The summed E-state index contributed by atoms with van der Waals surface area (Å²) in [4.78, 5) is 0. The van der Waals surface area contributed by atoms with E-state index in [1.165, 1.54) is 11.1 Å². The van der Waals surface area contributed by atoms with Gasteiger partial charge in [-0.25, -0.2) is 0 Å². The maximum absolute atomic E-state index is 8.89. The van der Waals surface area contributed by atoms with E-state index in [0.29, 0.717) is 6.42 Å². The fraction of sp³-hybridized carbons (Fsp3) is 0.294. The molecule has 1 atom stereocenters. The SMILES string of the molecule is Cc1ccc(C(C)Nc2ccc(CCO)cc2)cc1. The average molecular weight is 255 g/mol. The Morgan fingerprint density at radius 3 is 2.21 bits per heavy atom. The molecule has 2 heteroatoms. The van der Waals surface area contributed by atoms with Crippen molar-refractivity contribution in [2.75, 3.05) is 11.9 Å². The number of hydrogen-bond acceptors (Lipinski definition) is 2. The third-order valence-corrected chi connectivity index (χ3v) is 3.31. The highest BCUT2D eigenvalue weighted by atomic mass is 16.2. The summed E-state index contributed by atoms with van der Waals surface area (Å²) in [5.41, 5.74) is 4.83.